The second kappa shape index (κ2) is 11.2. The Hall–Kier alpha value is -2.42. The number of nitrogens with two attached hydrogens (primary N) is 1. The van der Waals surface area contributed by atoms with Crippen LogP contribution in [0, 0.1) is 0 Å². The van der Waals surface area contributed by atoms with E-state index in [2.05, 4.69) is 5.32 Å². The Labute approximate surface area is 164 Å². The van der Waals surface area contributed by atoms with Gasteiger partial charge in [-0.3, -0.25) is 4.79 Å². The van der Waals surface area contributed by atoms with Crippen LogP contribution in [-0.2, 0) is 0 Å². The summed E-state index contributed by atoms with van der Waals surface area (Å²) in [5.41, 5.74) is 6.32. The van der Waals surface area contributed by atoms with Crippen LogP contribution in [0.5, 0.6) is 5.75 Å². The van der Waals surface area contributed by atoms with Gasteiger partial charge in [-0.15, -0.1) is 0 Å². The van der Waals surface area contributed by atoms with Crippen LogP contribution >= 0.6 is 0 Å². The molecule has 7 heteroatoms. The summed E-state index contributed by atoms with van der Waals surface area (Å²) in [6, 6.07) is 13.2. The van der Waals surface area contributed by atoms with Crippen LogP contribution < -0.4 is 39.8 Å². The van der Waals surface area contributed by atoms with E-state index < -0.39 is 11.9 Å². The van der Waals surface area contributed by atoms with E-state index in [0.29, 0.717) is 18.8 Å². The molecule has 0 aliphatic heterocycles. The molecule has 0 spiro atoms. The molecular weight excluding hydrogens is 327 g/mol. The molecule has 2 rings (SSSR count). The minimum atomic E-state index is -1.36. The molecule has 0 aliphatic carbocycles. The number of carbonyl (C=O) groups is 2. The number of hydrogen-bond donors (Lipinski definition) is 2. The van der Waals surface area contributed by atoms with Crippen molar-refractivity contribution in [2.45, 2.75) is 19.3 Å². The van der Waals surface area contributed by atoms with Crippen molar-refractivity contribution in [1.82, 2.24) is 5.32 Å². The van der Waals surface area contributed by atoms with Crippen molar-refractivity contribution in [3.63, 3.8) is 0 Å². The number of carboxylic acids is 1. The zero-order valence-electron chi connectivity index (χ0n) is 14.9. The molecule has 0 fully saturated rings. The van der Waals surface area contributed by atoms with Gasteiger partial charge in [-0.2, -0.15) is 0 Å². The molecule has 0 radical (unpaired) electrons. The molecule has 132 valence electrons. The summed E-state index contributed by atoms with van der Waals surface area (Å²) < 4.78 is 5.58. The number of hydrogen-bond acceptors (Lipinski definition) is 5. The van der Waals surface area contributed by atoms with Crippen molar-refractivity contribution >= 4 is 17.6 Å². The van der Waals surface area contributed by atoms with E-state index >= 15 is 0 Å². The monoisotopic (exact) mass is 348 g/mol. The maximum atomic E-state index is 12.0. The van der Waals surface area contributed by atoms with Crippen LogP contribution in [-0.4, -0.2) is 25.0 Å². The van der Waals surface area contributed by atoms with E-state index in [9.17, 15) is 14.7 Å². The maximum absolute atomic E-state index is 12.0. The fourth-order valence-corrected chi connectivity index (χ4v) is 2.31. The molecule has 2 aromatic rings. The minimum Gasteiger partial charge on any atom is -0.545 e. The van der Waals surface area contributed by atoms with Crippen LogP contribution in [0.2, 0.25) is 0 Å². The van der Waals surface area contributed by atoms with Crippen LogP contribution in [0.3, 0.4) is 0 Å². The number of ether oxygens (including phenoxy) is 1. The minimum absolute atomic E-state index is 0. The summed E-state index contributed by atoms with van der Waals surface area (Å²) >= 11 is 0. The van der Waals surface area contributed by atoms with Crippen molar-refractivity contribution in [3.05, 3.63) is 59.7 Å². The van der Waals surface area contributed by atoms with E-state index in [-0.39, 0.29) is 30.0 Å². The first-order valence-electron chi connectivity index (χ1n) is 8.15. The van der Waals surface area contributed by atoms with Gasteiger partial charge in [0.25, 0.3) is 5.91 Å². The van der Waals surface area contributed by atoms with Crippen molar-refractivity contribution in [3.8, 4) is 5.75 Å². The van der Waals surface area contributed by atoms with Gasteiger partial charge in [0.15, 0.2) is 0 Å². The van der Waals surface area contributed by atoms with Gasteiger partial charge in [0.05, 0.1) is 12.6 Å². The van der Waals surface area contributed by atoms with E-state index in [1.54, 1.807) is 24.3 Å². The topological polar surface area (TPSA) is 104 Å². The molecular formula is C19H21LiN2O4. The van der Waals surface area contributed by atoms with E-state index in [1.165, 1.54) is 12.1 Å². The Bertz CT molecular complexity index is 720. The van der Waals surface area contributed by atoms with E-state index in [4.69, 9.17) is 10.5 Å². The Morgan fingerprint density at radius 1 is 0.962 bits per heavy atom. The Morgan fingerprint density at radius 3 is 2.27 bits per heavy atom. The van der Waals surface area contributed by atoms with Gasteiger partial charge in [0, 0.05) is 23.4 Å². The average molecular weight is 348 g/mol. The molecule has 0 aliphatic rings. The SMILES string of the molecule is Nc1ccc(OCCCCCNC(=O)c2ccccc2C(=O)[O-])cc1.[Li+]. The van der Waals surface area contributed by atoms with E-state index in [0.717, 1.165) is 25.0 Å². The van der Waals surface area contributed by atoms with Gasteiger partial charge >= 0.3 is 18.9 Å². The second-order valence-electron chi connectivity index (χ2n) is 5.57. The number of unbranched alkanes of at least 4 members (excludes halogenated alkanes) is 2. The first kappa shape index (κ1) is 21.6. The smallest absolute Gasteiger partial charge is 0.545 e. The zero-order valence-corrected chi connectivity index (χ0v) is 14.9. The Kier molecular flexibility index (Phi) is 9.35. The molecule has 26 heavy (non-hydrogen) atoms. The summed E-state index contributed by atoms with van der Waals surface area (Å²) in [5.74, 6) is -0.982. The molecule has 2 aromatic carbocycles. The molecule has 6 nitrogen and oxygen atoms in total. The normalized spacial score (nSPS) is 9.85. The van der Waals surface area contributed by atoms with Crippen LogP contribution in [0.4, 0.5) is 5.69 Å². The number of benzene rings is 2. The predicted octanol–water partition coefficient (Wildman–Crippen LogP) is -1.38. The molecule has 0 aromatic heterocycles. The number of anilines is 1. The van der Waals surface area contributed by atoms with Gasteiger partial charge < -0.3 is 25.7 Å². The zero-order chi connectivity index (χ0) is 18.1. The summed E-state index contributed by atoms with van der Waals surface area (Å²) in [6.07, 6.45) is 2.53. The van der Waals surface area contributed by atoms with E-state index in [1.807, 2.05) is 12.1 Å². The van der Waals surface area contributed by atoms with Crippen LogP contribution in [0.1, 0.15) is 40.0 Å². The molecule has 0 saturated heterocycles. The molecule has 0 atom stereocenters. The molecule has 1 amide bonds. The third-order valence-corrected chi connectivity index (χ3v) is 3.65. The average Bonchev–Trinajstić information content (AvgIpc) is 2.62. The van der Waals surface area contributed by atoms with Crippen molar-refractivity contribution in [2.24, 2.45) is 0 Å². The standard InChI is InChI=1S/C19H22N2O4.Li/c20-14-8-10-15(11-9-14)25-13-5-1-4-12-21-18(22)16-6-2-3-7-17(16)19(23)24;/h2-3,6-11H,1,4-5,12-13,20H2,(H,21,22)(H,23,24);/q;+1/p-1. The van der Waals surface area contributed by atoms with Gasteiger partial charge in [-0.1, -0.05) is 18.2 Å². The largest absolute Gasteiger partial charge is 1.00 e. The Balaban J connectivity index is 0.00000338. The predicted molar refractivity (Wildman–Crippen MR) is 93.3 cm³/mol. The Morgan fingerprint density at radius 2 is 1.62 bits per heavy atom. The summed E-state index contributed by atoms with van der Waals surface area (Å²) in [7, 11) is 0. The van der Waals surface area contributed by atoms with Crippen molar-refractivity contribution < 1.29 is 38.3 Å². The number of rotatable bonds is 9. The van der Waals surface area contributed by atoms with Crippen LogP contribution in [0.15, 0.2) is 48.5 Å². The number of aromatic carboxylic acids is 1. The third-order valence-electron chi connectivity index (χ3n) is 3.65. The van der Waals surface area contributed by atoms with Crippen LogP contribution in [0.25, 0.3) is 0 Å². The molecule has 0 saturated carbocycles. The molecule has 0 bridgehead atoms. The fourth-order valence-electron chi connectivity index (χ4n) is 2.31. The quantitative estimate of drug-likeness (QED) is 0.330. The first-order valence-corrected chi connectivity index (χ1v) is 8.15. The number of amides is 1. The number of nitrogen functional groups attached to an aromatic ring is 1. The summed E-state index contributed by atoms with van der Waals surface area (Å²) in [6.45, 7) is 1.06. The molecule has 0 heterocycles. The first-order chi connectivity index (χ1) is 12.1. The maximum Gasteiger partial charge on any atom is 1.00 e. The molecule has 0 unspecified atom stereocenters. The summed E-state index contributed by atoms with van der Waals surface area (Å²) in [4.78, 5) is 23.0. The van der Waals surface area contributed by atoms with Crippen molar-refractivity contribution in [1.29, 1.82) is 0 Å². The van der Waals surface area contributed by atoms with Gasteiger partial charge in [-0.25, -0.2) is 0 Å². The van der Waals surface area contributed by atoms with Crippen molar-refractivity contribution in [2.75, 3.05) is 18.9 Å². The number of carboxylic acid groups (broad SMARTS) is 1. The van der Waals surface area contributed by atoms with Gasteiger partial charge in [0.1, 0.15) is 5.75 Å². The second-order valence-corrected chi connectivity index (χ2v) is 5.57. The third kappa shape index (κ3) is 6.83. The van der Waals surface area contributed by atoms with Gasteiger partial charge in [-0.05, 0) is 49.6 Å². The van der Waals surface area contributed by atoms with Gasteiger partial charge in [0.2, 0.25) is 0 Å². The fraction of sp³-hybridized carbons (Fsp3) is 0.263. The molecule has 3 N–H and O–H groups in total. The number of nitrogens with one attached hydrogen (secondary N) is 1. The summed E-state index contributed by atoms with van der Waals surface area (Å²) in [5, 5.41) is 13.7. The number of carbonyl (C=O) groups excluding carboxylic acids is 2.